The Morgan fingerprint density at radius 3 is 2.23 bits per heavy atom. The molecule has 0 aliphatic carbocycles. The van der Waals surface area contributed by atoms with Crippen LogP contribution in [0.5, 0.6) is 11.5 Å². The van der Waals surface area contributed by atoms with Gasteiger partial charge >= 0.3 is 5.97 Å². The van der Waals surface area contributed by atoms with E-state index in [0.29, 0.717) is 5.75 Å². The van der Waals surface area contributed by atoms with Crippen molar-refractivity contribution in [3.05, 3.63) is 96.1 Å². The molecule has 0 spiro atoms. The molecular formula is C22H17NO3. The molecule has 0 saturated heterocycles. The molecule has 1 N–H and O–H groups in total. The summed E-state index contributed by atoms with van der Waals surface area (Å²) in [6.45, 7) is 0. The number of phenolic OH excluding ortho intramolecular Hbond substituents is 1. The van der Waals surface area contributed by atoms with Crippen LogP contribution in [0.3, 0.4) is 0 Å². The maximum atomic E-state index is 11.9. The minimum absolute atomic E-state index is 0.205. The zero-order chi connectivity index (χ0) is 18.2. The quantitative estimate of drug-likeness (QED) is 0.314. The molecule has 3 aromatic rings. The number of phenols is 1. The van der Waals surface area contributed by atoms with E-state index >= 15 is 0 Å². The van der Waals surface area contributed by atoms with Crippen LogP contribution in [-0.2, 0) is 4.79 Å². The van der Waals surface area contributed by atoms with Gasteiger partial charge in [-0.3, -0.25) is 4.99 Å². The number of hydrogen-bond acceptors (Lipinski definition) is 4. The van der Waals surface area contributed by atoms with Crippen molar-refractivity contribution < 1.29 is 14.6 Å². The minimum Gasteiger partial charge on any atom is -0.508 e. The fraction of sp³-hybridized carbons (Fsp3) is 0. The Morgan fingerprint density at radius 1 is 0.846 bits per heavy atom. The number of carbonyl (C=O) groups is 1. The van der Waals surface area contributed by atoms with Crippen LogP contribution in [0.4, 0.5) is 5.69 Å². The second kappa shape index (κ2) is 8.44. The highest BCUT2D eigenvalue weighted by Crippen LogP contribution is 2.17. The van der Waals surface area contributed by atoms with Gasteiger partial charge in [-0.05, 0) is 65.7 Å². The van der Waals surface area contributed by atoms with Gasteiger partial charge in [0.2, 0.25) is 0 Å². The second-order valence-corrected chi connectivity index (χ2v) is 5.51. The molecule has 3 rings (SSSR count). The lowest BCUT2D eigenvalue weighted by Crippen LogP contribution is -2.03. The molecular weight excluding hydrogens is 326 g/mol. The molecule has 0 fully saturated rings. The standard InChI is InChI=1S/C22H17NO3/c24-20-11-9-19(10-12-20)23-16-18-6-13-21(14-7-18)26-22(25)15-8-17-4-2-1-3-5-17/h1-16,24H/b15-8+,23-16+. The molecule has 0 aromatic heterocycles. The number of esters is 1. The highest BCUT2D eigenvalue weighted by molar-refractivity contribution is 5.89. The van der Waals surface area contributed by atoms with Crippen molar-refractivity contribution in [2.24, 2.45) is 4.99 Å². The van der Waals surface area contributed by atoms with Gasteiger partial charge in [0.25, 0.3) is 0 Å². The molecule has 0 unspecified atom stereocenters. The normalized spacial score (nSPS) is 11.1. The Kier molecular flexibility index (Phi) is 5.58. The zero-order valence-electron chi connectivity index (χ0n) is 13.9. The van der Waals surface area contributed by atoms with Crippen LogP contribution in [-0.4, -0.2) is 17.3 Å². The van der Waals surface area contributed by atoms with Crippen LogP contribution >= 0.6 is 0 Å². The summed E-state index contributed by atoms with van der Waals surface area (Å²) in [5.41, 5.74) is 2.55. The van der Waals surface area contributed by atoms with Gasteiger partial charge in [-0.25, -0.2) is 4.79 Å². The lowest BCUT2D eigenvalue weighted by Gasteiger charge is -2.01. The van der Waals surface area contributed by atoms with Crippen LogP contribution in [0.1, 0.15) is 11.1 Å². The van der Waals surface area contributed by atoms with Crippen molar-refractivity contribution in [2.45, 2.75) is 0 Å². The largest absolute Gasteiger partial charge is 0.508 e. The topological polar surface area (TPSA) is 58.9 Å². The predicted octanol–water partition coefficient (Wildman–Crippen LogP) is 4.76. The van der Waals surface area contributed by atoms with Gasteiger partial charge in [0.15, 0.2) is 0 Å². The number of nitrogens with zero attached hydrogens (tertiary/aromatic N) is 1. The Bertz CT molecular complexity index is 912. The molecule has 4 nitrogen and oxygen atoms in total. The Hall–Kier alpha value is -3.66. The fourth-order valence-corrected chi connectivity index (χ4v) is 2.19. The summed E-state index contributed by atoms with van der Waals surface area (Å²) >= 11 is 0. The average molecular weight is 343 g/mol. The van der Waals surface area contributed by atoms with E-state index in [0.717, 1.165) is 16.8 Å². The lowest BCUT2D eigenvalue weighted by atomic mass is 10.2. The zero-order valence-corrected chi connectivity index (χ0v) is 13.9. The van der Waals surface area contributed by atoms with E-state index in [2.05, 4.69) is 4.99 Å². The number of carbonyl (C=O) groups excluding carboxylic acids is 1. The van der Waals surface area contributed by atoms with Crippen molar-refractivity contribution in [1.29, 1.82) is 0 Å². The van der Waals surface area contributed by atoms with Gasteiger partial charge in [0.05, 0.1) is 5.69 Å². The molecule has 4 heteroatoms. The summed E-state index contributed by atoms with van der Waals surface area (Å²) in [6, 6.07) is 23.2. The maximum absolute atomic E-state index is 11.9. The van der Waals surface area contributed by atoms with Gasteiger partial charge < -0.3 is 9.84 Å². The third kappa shape index (κ3) is 5.18. The van der Waals surface area contributed by atoms with E-state index in [1.807, 2.05) is 42.5 Å². The average Bonchev–Trinajstić information content (AvgIpc) is 2.68. The van der Waals surface area contributed by atoms with E-state index in [1.165, 1.54) is 6.08 Å². The summed E-state index contributed by atoms with van der Waals surface area (Å²) in [4.78, 5) is 16.2. The number of rotatable bonds is 5. The highest BCUT2D eigenvalue weighted by Gasteiger charge is 2.00. The van der Waals surface area contributed by atoms with E-state index in [4.69, 9.17) is 4.74 Å². The molecule has 0 radical (unpaired) electrons. The van der Waals surface area contributed by atoms with E-state index in [1.54, 1.807) is 48.7 Å². The van der Waals surface area contributed by atoms with Crippen molar-refractivity contribution in [3.8, 4) is 11.5 Å². The first-order valence-electron chi connectivity index (χ1n) is 8.07. The first-order valence-corrected chi connectivity index (χ1v) is 8.07. The molecule has 0 saturated carbocycles. The molecule has 0 aliphatic heterocycles. The SMILES string of the molecule is O=C(/C=C/c1ccccc1)Oc1ccc(/C=N/c2ccc(O)cc2)cc1. The third-order valence-corrected chi connectivity index (χ3v) is 3.52. The molecule has 0 aliphatic rings. The second-order valence-electron chi connectivity index (χ2n) is 5.51. The van der Waals surface area contributed by atoms with Crippen LogP contribution in [0.25, 0.3) is 6.08 Å². The van der Waals surface area contributed by atoms with Crippen LogP contribution in [0.15, 0.2) is 89.9 Å². The lowest BCUT2D eigenvalue weighted by molar-refractivity contribution is -0.128. The van der Waals surface area contributed by atoms with E-state index in [-0.39, 0.29) is 5.75 Å². The smallest absolute Gasteiger partial charge is 0.336 e. The van der Waals surface area contributed by atoms with Crippen LogP contribution in [0, 0.1) is 0 Å². The van der Waals surface area contributed by atoms with E-state index in [9.17, 15) is 9.90 Å². The monoisotopic (exact) mass is 343 g/mol. The summed E-state index contributed by atoms with van der Waals surface area (Å²) < 4.78 is 5.27. The molecule has 0 bridgehead atoms. The first kappa shape index (κ1) is 17.2. The molecule has 3 aromatic carbocycles. The van der Waals surface area contributed by atoms with Crippen molar-refractivity contribution in [3.63, 3.8) is 0 Å². The van der Waals surface area contributed by atoms with E-state index < -0.39 is 5.97 Å². The van der Waals surface area contributed by atoms with Crippen LogP contribution in [0.2, 0.25) is 0 Å². The predicted molar refractivity (Wildman–Crippen MR) is 103 cm³/mol. The van der Waals surface area contributed by atoms with Crippen molar-refractivity contribution in [2.75, 3.05) is 0 Å². The number of ether oxygens (including phenoxy) is 1. The molecule has 128 valence electrons. The molecule has 0 amide bonds. The molecule has 26 heavy (non-hydrogen) atoms. The van der Waals surface area contributed by atoms with Gasteiger partial charge in [-0.1, -0.05) is 30.3 Å². The fourth-order valence-electron chi connectivity index (χ4n) is 2.19. The number of aromatic hydroxyl groups is 1. The first-order chi connectivity index (χ1) is 12.7. The minimum atomic E-state index is -0.431. The number of aliphatic imine (C=N–C) groups is 1. The number of benzene rings is 3. The summed E-state index contributed by atoms with van der Waals surface area (Å²) in [6.07, 6.45) is 4.81. The summed E-state index contributed by atoms with van der Waals surface area (Å²) in [5, 5.41) is 9.25. The van der Waals surface area contributed by atoms with Crippen LogP contribution < -0.4 is 4.74 Å². The third-order valence-electron chi connectivity index (χ3n) is 3.52. The molecule has 0 heterocycles. The Labute approximate surface area is 151 Å². The van der Waals surface area contributed by atoms with Crippen molar-refractivity contribution in [1.82, 2.24) is 0 Å². The Balaban J connectivity index is 1.58. The van der Waals surface area contributed by atoms with Gasteiger partial charge in [0, 0.05) is 12.3 Å². The maximum Gasteiger partial charge on any atom is 0.336 e. The summed E-state index contributed by atoms with van der Waals surface area (Å²) in [5.74, 6) is 0.241. The van der Waals surface area contributed by atoms with Crippen molar-refractivity contribution >= 4 is 23.9 Å². The highest BCUT2D eigenvalue weighted by atomic mass is 16.5. The van der Waals surface area contributed by atoms with Gasteiger partial charge in [-0.15, -0.1) is 0 Å². The number of hydrogen-bond donors (Lipinski definition) is 1. The van der Waals surface area contributed by atoms with Gasteiger partial charge in [0.1, 0.15) is 11.5 Å². The summed E-state index contributed by atoms with van der Waals surface area (Å²) in [7, 11) is 0. The molecule has 0 atom stereocenters. The Morgan fingerprint density at radius 2 is 1.54 bits per heavy atom. The van der Waals surface area contributed by atoms with Gasteiger partial charge in [-0.2, -0.15) is 0 Å².